The van der Waals surface area contributed by atoms with Crippen LogP contribution in [0.1, 0.15) is 13.8 Å². The van der Waals surface area contributed by atoms with E-state index in [1.807, 2.05) is 38.9 Å². The van der Waals surface area contributed by atoms with Gasteiger partial charge in [0.15, 0.2) is 0 Å². The van der Waals surface area contributed by atoms with Crippen LogP contribution >= 0.6 is 0 Å². The average molecular weight is 236 g/mol. The molecule has 0 bridgehead atoms. The molecule has 1 amide bonds. The maximum Gasteiger partial charge on any atom is 0.241 e. The Labute approximate surface area is 102 Å². The minimum absolute atomic E-state index is 0.106. The molecule has 1 heterocycles. The van der Waals surface area contributed by atoms with Crippen molar-refractivity contribution in [2.24, 2.45) is 11.7 Å². The molecule has 5 heteroatoms. The minimum atomic E-state index is -0.509. The summed E-state index contributed by atoms with van der Waals surface area (Å²) in [7, 11) is 3.82. The number of nitrogens with zero attached hydrogens (tertiary/aromatic N) is 2. The van der Waals surface area contributed by atoms with Crippen LogP contribution in [0.3, 0.4) is 0 Å². The predicted molar refractivity (Wildman–Crippen MR) is 70.0 cm³/mol. The lowest BCUT2D eigenvalue weighted by Crippen LogP contribution is -2.40. The summed E-state index contributed by atoms with van der Waals surface area (Å²) in [5, 5.41) is 2.80. The fourth-order valence-electron chi connectivity index (χ4n) is 1.39. The largest absolute Gasteiger partial charge is 0.376 e. The summed E-state index contributed by atoms with van der Waals surface area (Å²) in [5.41, 5.74) is 7.37. The number of nitrogens with two attached hydrogens (primary N) is 1. The third kappa shape index (κ3) is 3.42. The summed E-state index contributed by atoms with van der Waals surface area (Å²) in [6.45, 7) is 3.83. The van der Waals surface area contributed by atoms with Crippen molar-refractivity contribution in [1.29, 1.82) is 0 Å². The summed E-state index contributed by atoms with van der Waals surface area (Å²) in [6, 6.07) is 1.33. The quantitative estimate of drug-likeness (QED) is 0.820. The first kappa shape index (κ1) is 13.4. The van der Waals surface area contributed by atoms with Crippen LogP contribution in [0.15, 0.2) is 18.5 Å². The van der Waals surface area contributed by atoms with Crippen LogP contribution in [0, 0.1) is 5.92 Å². The van der Waals surface area contributed by atoms with Gasteiger partial charge in [0.05, 0.1) is 23.6 Å². The van der Waals surface area contributed by atoms with Crippen molar-refractivity contribution in [3.63, 3.8) is 0 Å². The van der Waals surface area contributed by atoms with Crippen molar-refractivity contribution < 1.29 is 4.79 Å². The fraction of sp³-hybridized carbons (Fsp3) is 0.500. The molecule has 0 saturated carbocycles. The van der Waals surface area contributed by atoms with Gasteiger partial charge in [-0.05, 0) is 12.0 Å². The summed E-state index contributed by atoms with van der Waals surface area (Å²) in [6.07, 6.45) is 3.31. The zero-order valence-corrected chi connectivity index (χ0v) is 10.8. The van der Waals surface area contributed by atoms with E-state index in [2.05, 4.69) is 10.3 Å². The highest BCUT2D eigenvalue weighted by Crippen LogP contribution is 2.22. The Balaban J connectivity index is 2.85. The molecular weight excluding hydrogens is 216 g/mol. The van der Waals surface area contributed by atoms with Crippen molar-refractivity contribution in [2.45, 2.75) is 19.9 Å². The molecule has 0 unspecified atom stereocenters. The number of hydrogen-bond acceptors (Lipinski definition) is 4. The molecule has 17 heavy (non-hydrogen) atoms. The molecule has 0 aliphatic rings. The number of aromatic nitrogens is 1. The van der Waals surface area contributed by atoms with Gasteiger partial charge in [-0.2, -0.15) is 0 Å². The van der Waals surface area contributed by atoms with E-state index in [4.69, 9.17) is 5.73 Å². The van der Waals surface area contributed by atoms with Crippen LogP contribution in [-0.4, -0.2) is 31.0 Å². The molecular formula is C12H20N4O. The van der Waals surface area contributed by atoms with Gasteiger partial charge in [0.1, 0.15) is 0 Å². The lowest BCUT2D eigenvalue weighted by atomic mass is 10.0. The highest BCUT2D eigenvalue weighted by atomic mass is 16.2. The van der Waals surface area contributed by atoms with Gasteiger partial charge in [-0.3, -0.25) is 9.78 Å². The van der Waals surface area contributed by atoms with E-state index in [-0.39, 0.29) is 11.8 Å². The van der Waals surface area contributed by atoms with Crippen LogP contribution in [0.4, 0.5) is 11.4 Å². The number of rotatable bonds is 4. The molecule has 5 nitrogen and oxygen atoms in total. The van der Waals surface area contributed by atoms with Gasteiger partial charge in [0, 0.05) is 20.3 Å². The summed E-state index contributed by atoms with van der Waals surface area (Å²) >= 11 is 0. The van der Waals surface area contributed by atoms with E-state index in [1.54, 1.807) is 12.4 Å². The molecule has 3 N–H and O–H groups in total. The summed E-state index contributed by atoms with van der Waals surface area (Å²) in [4.78, 5) is 17.8. The standard InChI is InChI=1S/C12H20N4O/c1-8(2)11(13)12(17)15-9-7-14-6-5-10(9)16(3)4/h5-8,11H,13H2,1-4H3,(H,15,17)/t11-/m0/s1. The van der Waals surface area contributed by atoms with Crippen molar-refractivity contribution >= 4 is 17.3 Å². The SMILES string of the molecule is CC(C)[C@H](N)C(=O)Nc1cnccc1N(C)C. The van der Waals surface area contributed by atoms with Crippen LogP contribution in [0.2, 0.25) is 0 Å². The first-order valence-corrected chi connectivity index (χ1v) is 5.61. The number of carbonyl (C=O) groups is 1. The molecule has 0 saturated heterocycles. The molecule has 1 atom stereocenters. The Kier molecular flexibility index (Phi) is 4.45. The Bertz CT molecular complexity index is 390. The van der Waals surface area contributed by atoms with Crippen molar-refractivity contribution in [3.05, 3.63) is 18.5 Å². The predicted octanol–water partition coefficient (Wildman–Crippen LogP) is 1.07. The van der Waals surface area contributed by atoms with Crippen molar-refractivity contribution in [2.75, 3.05) is 24.3 Å². The van der Waals surface area contributed by atoms with Crippen LogP contribution in [0.5, 0.6) is 0 Å². The van der Waals surface area contributed by atoms with Crippen LogP contribution in [0.25, 0.3) is 0 Å². The van der Waals surface area contributed by atoms with E-state index in [0.717, 1.165) is 5.69 Å². The third-order valence-corrected chi connectivity index (χ3v) is 2.56. The zero-order chi connectivity index (χ0) is 13.0. The molecule has 1 aromatic heterocycles. The Morgan fingerprint density at radius 3 is 2.65 bits per heavy atom. The lowest BCUT2D eigenvalue weighted by Gasteiger charge is -2.20. The minimum Gasteiger partial charge on any atom is -0.376 e. The van der Waals surface area contributed by atoms with E-state index < -0.39 is 6.04 Å². The maximum atomic E-state index is 11.8. The molecule has 1 rings (SSSR count). The van der Waals surface area contributed by atoms with E-state index in [1.165, 1.54) is 0 Å². The Morgan fingerprint density at radius 1 is 1.47 bits per heavy atom. The summed E-state index contributed by atoms with van der Waals surface area (Å²) < 4.78 is 0. The van der Waals surface area contributed by atoms with Gasteiger partial charge in [0.25, 0.3) is 0 Å². The van der Waals surface area contributed by atoms with Gasteiger partial charge < -0.3 is 16.0 Å². The number of pyridine rings is 1. The van der Waals surface area contributed by atoms with Gasteiger partial charge >= 0.3 is 0 Å². The first-order valence-electron chi connectivity index (χ1n) is 5.61. The van der Waals surface area contributed by atoms with E-state index >= 15 is 0 Å². The van der Waals surface area contributed by atoms with E-state index in [9.17, 15) is 4.79 Å². The monoisotopic (exact) mass is 236 g/mol. The maximum absolute atomic E-state index is 11.8. The number of carbonyl (C=O) groups excluding carboxylic acids is 1. The van der Waals surface area contributed by atoms with Crippen LogP contribution < -0.4 is 16.0 Å². The van der Waals surface area contributed by atoms with Gasteiger partial charge in [-0.1, -0.05) is 13.8 Å². The average Bonchev–Trinajstić information content (AvgIpc) is 2.28. The highest BCUT2D eigenvalue weighted by molar-refractivity contribution is 5.97. The molecule has 0 fully saturated rings. The summed E-state index contributed by atoms with van der Waals surface area (Å²) in [5.74, 6) is -0.0782. The van der Waals surface area contributed by atoms with E-state index in [0.29, 0.717) is 5.69 Å². The smallest absolute Gasteiger partial charge is 0.241 e. The molecule has 94 valence electrons. The Morgan fingerprint density at radius 2 is 2.12 bits per heavy atom. The van der Waals surface area contributed by atoms with Crippen molar-refractivity contribution in [1.82, 2.24) is 4.98 Å². The molecule has 0 aromatic carbocycles. The number of amides is 1. The second kappa shape index (κ2) is 5.63. The molecule has 0 aliphatic heterocycles. The molecule has 1 aromatic rings. The molecule has 0 aliphatic carbocycles. The van der Waals surface area contributed by atoms with Gasteiger partial charge in [-0.25, -0.2) is 0 Å². The fourth-order valence-corrected chi connectivity index (χ4v) is 1.39. The molecule has 0 radical (unpaired) electrons. The highest BCUT2D eigenvalue weighted by Gasteiger charge is 2.18. The molecule has 0 spiro atoms. The Hall–Kier alpha value is -1.62. The van der Waals surface area contributed by atoms with Gasteiger partial charge in [-0.15, -0.1) is 0 Å². The third-order valence-electron chi connectivity index (χ3n) is 2.56. The topological polar surface area (TPSA) is 71.2 Å². The first-order chi connectivity index (χ1) is 7.93. The van der Waals surface area contributed by atoms with Gasteiger partial charge in [0.2, 0.25) is 5.91 Å². The second-order valence-corrected chi connectivity index (χ2v) is 4.55. The number of hydrogen-bond donors (Lipinski definition) is 2. The zero-order valence-electron chi connectivity index (χ0n) is 10.8. The second-order valence-electron chi connectivity index (χ2n) is 4.55. The number of nitrogens with one attached hydrogen (secondary N) is 1. The van der Waals surface area contributed by atoms with Crippen molar-refractivity contribution in [3.8, 4) is 0 Å². The lowest BCUT2D eigenvalue weighted by molar-refractivity contribution is -0.118. The normalized spacial score (nSPS) is 12.4. The van der Waals surface area contributed by atoms with Crippen LogP contribution in [-0.2, 0) is 4.79 Å². The number of anilines is 2.